The third-order valence-corrected chi connectivity index (χ3v) is 6.38. The van der Waals surface area contributed by atoms with Gasteiger partial charge in [0.1, 0.15) is 0 Å². The van der Waals surface area contributed by atoms with Crippen LogP contribution in [0.5, 0.6) is 0 Å². The second-order valence-corrected chi connectivity index (χ2v) is 8.76. The predicted octanol–water partition coefficient (Wildman–Crippen LogP) is 7.64. The summed E-state index contributed by atoms with van der Waals surface area (Å²) in [5.41, 5.74) is 10.7. The number of hydrogen-bond donors (Lipinski definition) is 2. The average molecular weight is 442 g/mol. The van der Waals surface area contributed by atoms with Crippen LogP contribution in [0, 0.1) is 0 Å². The Morgan fingerprint density at radius 2 is 0.871 bits per heavy atom. The normalized spacial score (nSPS) is 10.4. The quantitative estimate of drug-likeness (QED) is 0.301. The van der Waals surface area contributed by atoms with Crippen molar-refractivity contribution in [3.05, 3.63) is 155 Å². The first-order valence-electron chi connectivity index (χ1n) is 10.1. The van der Waals surface area contributed by atoms with Gasteiger partial charge in [0.15, 0.2) is 0 Å². The molecule has 4 rings (SSSR count). The number of thiol groups is 1. The van der Waals surface area contributed by atoms with Crippen molar-refractivity contribution in [2.24, 2.45) is 5.73 Å². The summed E-state index contributed by atoms with van der Waals surface area (Å²) in [6.45, 7) is 3.79. The third kappa shape index (κ3) is 7.09. The molecular weight excluding hydrogens is 414 g/mol. The molecule has 0 aliphatic carbocycles. The highest BCUT2D eigenvalue weighted by Crippen LogP contribution is 2.37. The molecule has 0 aliphatic rings. The summed E-state index contributed by atoms with van der Waals surface area (Å²) in [6.07, 6.45) is 0. The first-order chi connectivity index (χ1) is 15.1. The third-order valence-electron chi connectivity index (χ3n) is 4.70. The van der Waals surface area contributed by atoms with Gasteiger partial charge < -0.3 is 5.73 Å². The van der Waals surface area contributed by atoms with Crippen molar-refractivity contribution in [3.8, 4) is 0 Å². The number of hydrogen-bond acceptors (Lipinski definition) is 3. The van der Waals surface area contributed by atoms with E-state index in [0.717, 1.165) is 0 Å². The standard InChI is InChI=1S/C15H15NS.C13H12S/c1-12(16)17-15(13-8-4-2-5-9-13)14-10-6-3-7-11-14;14-13(11-7-3-1-4-8-11)12-9-5-2-6-10-12/h2-11,15H,1,16H2;1-10,13-14H. The first kappa shape index (κ1) is 22.8. The van der Waals surface area contributed by atoms with Crippen LogP contribution >= 0.6 is 24.4 Å². The van der Waals surface area contributed by atoms with Crippen LogP contribution in [0.1, 0.15) is 32.8 Å². The maximum absolute atomic E-state index is 5.74. The van der Waals surface area contributed by atoms with Gasteiger partial charge in [0.25, 0.3) is 0 Å². The average Bonchev–Trinajstić information content (AvgIpc) is 2.84. The zero-order valence-electron chi connectivity index (χ0n) is 17.3. The van der Waals surface area contributed by atoms with Crippen LogP contribution in [0.4, 0.5) is 0 Å². The Balaban J connectivity index is 0.000000179. The van der Waals surface area contributed by atoms with E-state index in [0.29, 0.717) is 5.03 Å². The van der Waals surface area contributed by atoms with Crippen LogP contribution in [0.15, 0.2) is 133 Å². The SMILES string of the molecule is C=C(N)SC(c1ccccc1)c1ccccc1.SC(c1ccccc1)c1ccccc1. The fourth-order valence-corrected chi connectivity index (χ4v) is 4.43. The summed E-state index contributed by atoms with van der Waals surface area (Å²) in [6, 6.07) is 41.3. The van der Waals surface area contributed by atoms with Gasteiger partial charge in [0, 0.05) is 0 Å². The maximum Gasteiger partial charge on any atom is 0.0607 e. The number of thioether (sulfide) groups is 1. The molecule has 0 amide bonds. The van der Waals surface area contributed by atoms with E-state index >= 15 is 0 Å². The van der Waals surface area contributed by atoms with E-state index in [2.05, 4.69) is 67.7 Å². The summed E-state index contributed by atoms with van der Waals surface area (Å²) in [7, 11) is 0. The molecule has 0 saturated heterocycles. The highest BCUT2D eigenvalue weighted by Gasteiger charge is 2.14. The molecule has 3 heteroatoms. The van der Waals surface area contributed by atoms with Crippen molar-refractivity contribution in [2.75, 3.05) is 0 Å². The van der Waals surface area contributed by atoms with Crippen molar-refractivity contribution in [1.82, 2.24) is 0 Å². The lowest BCUT2D eigenvalue weighted by molar-refractivity contribution is 1.16. The molecule has 0 atom stereocenters. The molecule has 0 bridgehead atoms. The van der Waals surface area contributed by atoms with Gasteiger partial charge in [-0.1, -0.05) is 140 Å². The smallest absolute Gasteiger partial charge is 0.0607 e. The fraction of sp³-hybridized carbons (Fsp3) is 0.0714. The Kier molecular flexibility index (Phi) is 8.89. The molecule has 0 spiro atoms. The lowest BCUT2D eigenvalue weighted by Crippen LogP contribution is -2.00. The topological polar surface area (TPSA) is 26.0 Å². The second kappa shape index (κ2) is 12.1. The van der Waals surface area contributed by atoms with E-state index in [1.807, 2.05) is 72.8 Å². The molecule has 0 aliphatic heterocycles. The van der Waals surface area contributed by atoms with Crippen molar-refractivity contribution in [2.45, 2.75) is 10.5 Å². The van der Waals surface area contributed by atoms with E-state index in [9.17, 15) is 0 Å². The summed E-state index contributed by atoms with van der Waals surface area (Å²) in [5, 5.41) is 1.04. The monoisotopic (exact) mass is 441 g/mol. The molecule has 0 fully saturated rings. The minimum atomic E-state index is 0.178. The largest absolute Gasteiger partial charge is 0.394 e. The first-order valence-corrected chi connectivity index (χ1v) is 11.5. The number of rotatable bonds is 6. The zero-order chi connectivity index (χ0) is 21.9. The van der Waals surface area contributed by atoms with Gasteiger partial charge in [-0.3, -0.25) is 0 Å². The van der Waals surface area contributed by atoms with Gasteiger partial charge in [0.2, 0.25) is 0 Å². The Morgan fingerprint density at radius 3 is 1.16 bits per heavy atom. The number of nitrogens with two attached hydrogens (primary N) is 1. The van der Waals surface area contributed by atoms with Gasteiger partial charge in [-0.05, 0) is 22.3 Å². The molecule has 4 aromatic carbocycles. The van der Waals surface area contributed by atoms with Crippen molar-refractivity contribution < 1.29 is 0 Å². The molecule has 31 heavy (non-hydrogen) atoms. The van der Waals surface area contributed by atoms with Crippen molar-refractivity contribution in [1.29, 1.82) is 0 Å². The van der Waals surface area contributed by atoms with E-state index < -0.39 is 0 Å². The minimum Gasteiger partial charge on any atom is -0.394 e. The minimum absolute atomic E-state index is 0.178. The summed E-state index contributed by atoms with van der Waals surface area (Å²) < 4.78 is 0. The molecular formula is C28H27NS2. The van der Waals surface area contributed by atoms with Crippen LogP contribution in [-0.4, -0.2) is 0 Å². The summed E-state index contributed by atoms with van der Waals surface area (Å²) in [4.78, 5) is 0. The molecule has 0 saturated carbocycles. The molecule has 0 radical (unpaired) electrons. The van der Waals surface area contributed by atoms with E-state index in [4.69, 9.17) is 5.73 Å². The Hall–Kier alpha value is -2.88. The van der Waals surface area contributed by atoms with E-state index in [1.165, 1.54) is 22.3 Å². The predicted molar refractivity (Wildman–Crippen MR) is 139 cm³/mol. The van der Waals surface area contributed by atoms with Crippen LogP contribution in [0.3, 0.4) is 0 Å². The van der Waals surface area contributed by atoms with Crippen molar-refractivity contribution in [3.63, 3.8) is 0 Å². The highest BCUT2D eigenvalue weighted by molar-refractivity contribution is 8.03. The van der Waals surface area contributed by atoms with Gasteiger partial charge in [-0.15, -0.1) is 0 Å². The van der Waals surface area contributed by atoms with Gasteiger partial charge >= 0.3 is 0 Å². The van der Waals surface area contributed by atoms with Crippen LogP contribution < -0.4 is 5.73 Å². The second-order valence-electron chi connectivity index (χ2n) is 7.01. The zero-order valence-corrected chi connectivity index (χ0v) is 19.1. The summed E-state index contributed by atoms with van der Waals surface area (Å²) in [5.74, 6) is 0. The maximum atomic E-state index is 5.74. The van der Waals surface area contributed by atoms with E-state index in [1.54, 1.807) is 11.8 Å². The molecule has 156 valence electrons. The lowest BCUT2D eigenvalue weighted by Gasteiger charge is -2.17. The molecule has 0 unspecified atom stereocenters. The van der Waals surface area contributed by atoms with Gasteiger partial charge in [-0.2, -0.15) is 12.6 Å². The Bertz CT molecular complexity index is 956. The molecule has 2 N–H and O–H groups in total. The van der Waals surface area contributed by atoms with Gasteiger partial charge in [-0.25, -0.2) is 0 Å². The van der Waals surface area contributed by atoms with Gasteiger partial charge in [0.05, 0.1) is 15.5 Å². The molecule has 0 heterocycles. The number of benzene rings is 4. The lowest BCUT2D eigenvalue weighted by atomic mass is 10.0. The van der Waals surface area contributed by atoms with Crippen molar-refractivity contribution >= 4 is 24.4 Å². The molecule has 0 aromatic heterocycles. The van der Waals surface area contributed by atoms with Crippen LogP contribution in [0.25, 0.3) is 0 Å². The van der Waals surface area contributed by atoms with E-state index in [-0.39, 0.29) is 10.5 Å². The Labute approximate surface area is 195 Å². The highest BCUT2D eigenvalue weighted by atomic mass is 32.2. The summed E-state index contributed by atoms with van der Waals surface area (Å²) >= 11 is 6.20. The fourth-order valence-electron chi connectivity index (χ4n) is 3.20. The van der Waals surface area contributed by atoms with Crippen LogP contribution in [-0.2, 0) is 0 Å². The molecule has 4 aromatic rings. The van der Waals surface area contributed by atoms with Crippen LogP contribution in [0.2, 0.25) is 0 Å². The Morgan fingerprint density at radius 1 is 0.581 bits per heavy atom. The molecule has 1 nitrogen and oxygen atoms in total.